The molecule has 10 heteroatoms. The number of rotatable bonds is 10. The van der Waals surface area contributed by atoms with Crippen LogP contribution in [0.2, 0.25) is 0 Å². The van der Waals surface area contributed by atoms with Crippen molar-refractivity contribution in [2.75, 3.05) is 13.6 Å². The predicted molar refractivity (Wildman–Crippen MR) is 105 cm³/mol. The van der Waals surface area contributed by atoms with Gasteiger partial charge in [-0.2, -0.15) is 0 Å². The number of nitrogens with zero attached hydrogens (tertiary/aromatic N) is 3. The number of carbonyl (C=O) groups excluding carboxylic acids is 3. The molecule has 29 heavy (non-hydrogen) atoms. The van der Waals surface area contributed by atoms with Gasteiger partial charge in [0, 0.05) is 12.1 Å². The van der Waals surface area contributed by atoms with Gasteiger partial charge < -0.3 is 20.6 Å². The smallest absolute Gasteiger partial charge is 0.275 e. The zero-order valence-electron chi connectivity index (χ0n) is 16.4. The van der Waals surface area contributed by atoms with Gasteiger partial charge in [0.2, 0.25) is 0 Å². The summed E-state index contributed by atoms with van der Waals surface area (Å²) < 4.78 is 13.0. The maximum Gasteiger partial charge on any atom is 0.275 e. The summed E-state index contributed by atoms with van der Waals surface area (Å²) in [6.45, 7) is 1.92. The molecule has 4 N–H and O–H groups in total. The Hall–Kier alpha value is -2.82. The second kappa shape index (κ2) is 10.1. The van der Waals surface area contributed by atoms with Gasteiger partial charge in [0.25, 0.3) is 5.91 Å². The summed E-state index contributed by atoms with van der Waals surface area (Å²) in [5.74, 6) is -0.741. The van der Waals surface area contributed by atoms with E-state index in [4.69, 9.17) is 5.73 Å². The highest BCUT2D eigenvalue weighted by Gasteiger charge is 2.33. The number of hydrogen-bond acceptors (Lipinski definition) is 8. The Bertz CT molecular complexity index is 811. The van der Waals surface area contributed by atoms with Gasteiger partial charge in [-0.05, 0) is 45.0 Å². The fraction of sp³-hybridized carbons (Fsp3) is 0.421. The molecule has 156 valence electrons. The van der Waals surface area contributed by atoms with E-state index >= 15 is 0 Å². The number of halogens is 1. The summed E-state index contributed by atoms with van der Waals surface area (Å²) in [4.78, 5) is 44.1. The second-order valence-corrected chi connectivity index (χ2v) is 6.90. The molecule has 0 radical (unpaired) electrons. The molecule has 0 saturated carbocycles. The number of aromatic nitrogens is 1. The van der Waals surface area contributed by atoms with Crippen LogP contribution in [0.1, 0.15) is 36.7 Å². The first kappa shape index (κ1) is 22.5. The lowest BCUT2D eigenvalue weighted by molar-refractivity contribution is -0.110. The second-order valence-electron chi connectivity index (χ2n) is 6.90. The molecule has 0 bridgehead atoms. The number of hydrogen-bond donors (Lipinski definition) is 3. The highest BCUT2D eigenvalue weighted by molar-refractivity contribution is 5.98. The highest BCUT2D eigenvalue weighted by Crippen LogP contribution is 2.21. The molecule has 1 aromatic heterocycles. The van der Waals surface area contributed by atoms with Gasteiger partial charge in [0.05, 0.1) is 18.3 Å². The largest absolute Gasteiger partial charge is 0.305 e. The Kier molecular flexibility index (Phi) is 7.82. The summed E-state index contributed by atoms with van der Waals surface area (Å²) in [5, 5.41) is 5.79. The van der Waals surface area contributed by atoms with Crippen LogP contribution in [0.3, 0.4) is 0 Å². The van der Waals surface area contributed by atoms with E-state index in [1.54, 1.807) is 24.9 Å². The maximum absolute atomic E-state index is 13.0. The van der Waals surface area contributed by atoms with Gasteiger partial charge in [-0.3, -0.25) is 15.0 Å². The minimum atomic E-state index is -0.864. The number of amides is 1. The van der Waals surface area contributed by atoms with Crippen LogP contribution in [0.4, 0.5) is 4.39 Å². The van der Waals surface area contributed by atoms with Crippen molar-refractivity contribution in [3.05, 3.63) is 41.7 Å². The normalized spacial score (nSPS) is 17.0. The Labute approximate surface area is 168 Å². The quantitative estimate of drug-likeness (QED) is 0.379. The van der Waals surface area contributed by atoms with Gasteiger partial charge in [0.15, 0.2) is 0 Å². The van der Waals surface area contributed by atoms with Crippen LogP contribution in [-0.4, -0.2) is 59.5 Å². The Balaban J connectivity index is 2.17. The van der Waals surface area contributed by atoms with E-state index in [9.17, 15) is 18.8 Å². The molecule has 1 aliphatic heterocycles. The molecule has 1 aliphatic rings. The number of nitrogens with one attached hydrogen (secondary N) is 2. The van der Waals surface area contributed by atoms with Crippen LogP contribution in [0.15, 0.2) is 35.2 Å². The standard InChI is InChI=1S/C19H25FN6O3/c1-19(8-10-27,25-18(21)26(2)9-11-28)15-4-3-5-16(23-15)24-17(29)14-7-6-13(20)12-22-14/h5-7,10-12,18,25H,3-4,8-9,21H2,1-2H3,(H,24,29)/t18?,19-/m0/s1. The van der Waals surface area contributed by atoms with Crippen LogP contribution >= 0.6 is 0 Å². The topological polar surface area (TPSA) is 130 Å². The van der Waals surface area contributed by atoms with Crippen molar-refractivity contribution in [2.24, 2.45) is 10.7 Å². The van der Waals surface area contributed by atoms with Crippen molar-refractivity contribution in [3.63, 3.8) is 0 Å². The van der Waals surface area contributed by atoms with Crippen molar-refractivity contribution in [1.82, 2.24) is 20.5 Å². The van der Waals surface area contributed by atoms with E-state index in [0.717, 1.165) is 24.8 Å². The van der Waals surface area contributed by atoms with Crippen molar-refractivity contribution >= 4 is 24.2 Å². The van der Waals surface area contributed by atoms with Crippen LogP contribution in [0.25, 0.3) is 0 Å². The summed E-state index contributed by atoms with van der Waals surface area (Å²) in [5.41, 5.74) is 5.93. The lowest BCUT2D eigenvalue weighted by atomic mass is 9.88. The third-order valence-electron chi connectivity index (χ3n) is 4.61. The van der Waals surface area contributed by atoms with E-state index in [0.29, 0.717) is 24.4 Å². The number of aliphatic imine (C=N–C) groups is 1. The molecular formula is C19H25FN6O3. The monoisotopic (exact) mass is 404 g/mol. The molecule has 2 heterocycles. The number of aldehydes is 2. The number of likely N-dealkylation sites (N-methyl/N-ethyl adjacent to an activating group) is 1. The highest BCUT2D eigenvalue weighted by atomic mass is 19.1. The molecule has 0 saturated heterocycles. The molecule has 9 nitrogen and oxygen atoms in total. The first-order valence-electron chi connectivity index (χ1n) is 9.11. The van der Waals surface area contributed by atoms with Crippen LogP contribution in [0, 0.1) is 5.82 Å². The van der Waals surface area contributed by atoms with Gasteiger partial charge in [-0.1, -0.05) is 0 Å². The average Bonchev–Trinajstić information content (AvgIpc) is 2.69. The van der Waals surface area contributed by atoms with Crippen molar-refractivity contribution in [1.29, 1.82) is 0 Å². The van der Waals surface area contributed by atoms with E-state index in [-0.39, 0.29) is 18.7 Å². The van der Waals surface area contributed by atoms with Crippen LogP contribution in [0.5, 0.6) is 0 Å². The zero-order valence-corrected chi connectivity index (χ0v) is 16.4. The Morgan fingerprint density at radius 2 is 2.17 bits per heavy atom. The minimum absolute atomic E-state index is 0.0564. The molecule has 2 atom stereocenters. The van der Waals surface area contributed by atoms with Gasteiger partial charge in [-0.25, -0.2) is 14.4 Å². The molecule has 1 unspecified atom stereocenters. The van der Waals surface area contributed by atoms with E-state index < -0.39 is 23.6 Å². The number of nitrogens with two attached hydrogens (primary N) is 1. The van der Waals surface area contributed by atoms with Crippen LogP contribution in [-0.2, 0) is 9.59 Å². The lowest BCUT2D eigenvalue weighted by Gasteiger charge is -2.37. The fourth-order valence-electron chi connectivity index (χ4n) is 2.86. The average molecular weight is 404 g/mol. The van der Waals surface area contributed by atoms with Gasteiger partial charge in [-0.15, -0.1) is 0 Å². The molecule has 2 rings (SSSR count). The molecule has 1 aromatic rings. The van der Waals surface area contributed by atoms with Gasteiger partial charge >= 0.3 is 0 Å². The number of carbonyl (C=O) groups is 3. The molecule has 0 spiro atoms. The number of pyridine rings is 1. The Morgan fingerprint density at radius 3 is 2.79 bits per heavy atom. The van der Waals surface area contributed by atoms with Crippen LogP contribution < -0.4 is 16.4 Å². The lowest BCUT2D eigenvalue weighted by Crippen LogP contribution is -2.62. The summed E-state index contributed by atoms with van der Waals surface area (Å²) in [6, 6.07) is 2.42. The SMILES string of the molecule is CN(CC=O)C(N)N[C@@](C)(CC=O)C1=NC(NC(=O)c2ccc(F)cn2)=CCC1. The minimum Gasteiger partial charge on any atom is -0.305 e. The van der Waals surface area contributed by atoms with E-state index in [1.165, 1.54) is 6.07 Å². The van der Waals surface area contributed by atoms with E-state index in [1.807, 2.05) is 0 Å². The molecule has 1 amide bonds. The molecule has 0 aliphatic carbocycles. The molecule has 0 aromatic carbocycles. The van der Waals surface area contributed by atoms with Gasteiger partial charge in [0.1, 0.15) is 36.2 Å². The molecular weight excluding hydrogens is 379 g/mol. The summed E-state index contributed by atoms with van der Waals surface area (Å²) >= 11 is 0. The molecule has 0 fully saturated rings. The fourth-order valence-corrected chi connectivity index (χ4v) is 2.86. The Morgan fingerprint density at radius 1 is 1.41 bits per heavy atom. The predicted octanol–water partition coefficient (Wildman–Crippen LogP) is 0.337. The third kappa shape index (κ3) is 6.08. The van der Waals surface area contributed by atoms with Crippen molar-refractivity contribution in [2.45, 2.75) is 38.0 Å². The zero-order chi connectivity index (χ0) is 21.4. The van der Waals surface area contributed by atoms with Crippen molar-refractivity contribution in [3.8, 4) is 0 Å². The maximum atomic E-state index is 13.0. The van der Waals surface area contributed by atoms with E-state index in [2.05, 4.69) is 20.6 Å². The summed E-state index contributed by atoms with van der Waals surface area (Å²) in [7, 11) is 1.68. The first-order valence-corrected chi connectivity index (χ1v) is 9.11. The third-order valence-corrected chi connectivity index (χ3v) is 4.61. The van der Waals surface area contributed by atoms with Crippen molar-refractivity contribution < 1.29 is 18.8 Å². The summed E-state index contributed by atoms with van der Waals surface area (Å²) in [6.07, 6.45) is 4.80. The number of allylic oxidation sites excluding steroid dienone is 1. The first-order chi connectivity index (χ1) is 13.8.